The highest BCUT2D eigenvalue weighted by molar-refractivity contribution is 5.74. The van der Waals surface area contributed by atoms with Crippen molar-refractivity contribution in [1.82, 2.24) is 25.3 Å². The molecule has 0 unspecified atom stereocenters. The van der Waals surface area contributed by atoms with Gasteiger partial charge in [0, 0.05) is 54.6 Å². The highest BCUT2D eigenvalue weighted by Crippen LogP contribution is 2.11. The van der Waals surface area contributed by atoms with E-state index in [0.717, 1.165) is 43.6 Å². The molecule has 0 atom stereocenters. The van der Waals surface area contributed by atoms with Gasteiger partial charge in [-0.3, -0.25) is 20.4 Å². The van der Waals surface area contributed by atoms with Crippen molar-refractivity contribution < 1.29 is 19.9 Å². The minimum atomic E-state index is -0.422. The molecule has 0 spiro atoms. The molecule has 2 aromatic rings. The first-order chi connectivity index (χ1) is 15.1. The summed E-state index contributed by atoms with van der Waals surface area (Å²) < 4.78 is 2.31. The number of aryl methyl sites for hydroxylation is 4. The Morgan fingerprint density at radius 1 is 0.636 bits per heavy atom. The third-order valence-electron chi connectivity index (χ3n) is 5.21. The normalized spacial score (nSPS) is 13.5. The Morgan fingerprint density at radius 3 is 1.27 bits per heavy atom. The van der Waals surface area contributed by atoms with Gasteiger partial charge in [-0.15, -0.1) is 0 Å². The van der Waals surface area contributed by atoms with Crippen molar-refractivity contribution in [3.8, 4) is 0 Å². The predicted octanol–water partition coefficient (Wildman–Crippen LogP) is 3.03. The smallest absolute Gasteiger partial charge is 0.243 e. The van der Waals surface area contributed by atoms with Crippen LogP contribution in [0.3, 0.4) is 0 Å². The van der Waals surface area contributed by atoms with Crippen LogP contribution in [0.2, 0.25) is 0 Å². The molecule has 9 heteroatoms. The zero-order chi connectivity index (χ0) is 25.1. The monoisotopic (exact) mass is 457 g/mol. The molecule has 0 amide bonds. The molecule has 0 aliphatic carbocycles. The van der Waals surface area contributed by atoms with Gasteiger partial charge in [0.1, 0.15) is 0 Å². The van der Waals surface area contributed by atoms with E-state index >= 15 is 0 Å². The number of hydroxylamine groups is 2. The van der Waals surface area contributed by atoms with Gasteiger partial charge in [-0.05, 0) is 37.2 Å². The molecular weight excluding hydrogens is 418 g/mol. The molecule has 2 heterocycles. The van der Waals surface area contributed by atoms with Gasteiger partial charge in [-0.2, -0.15) is 0 Å². The minimum Gasteiger partial charge on any atom is -0.305 e. The molecule has 0 radical (unpaired) electrons. The van der Waals surface area contributed by atoms with E-state index in [4.69, 9.17) is 0 Å². The standard InChI is InChI=1S/C24H39N7O2/c1-15-19(26-17(3)21(28-15)13-30(32)23(5,6)7)11-25-12-20-16(2)29-22(18(4)27-20)14-31(33)24(8,9)10/h13-14,25,32-33H,11-12H2,1-10H3/q+2. The first-order valence-corrected chi connectivity index (χ1v) is 11.1. The van der Waals surface area contributed by atoms with Gasteiger partial charge < -0.3 is 5.32 Å². The second kappa shape index (κ2) is 9.91. The maximum Gasteiger partial charge on any atom is 0.243 e. The molecule has 0 saturated carbocycles. The average molecular weight is 458 g/mol. The lowest BCUT2D eigenvalue weighted by molar-refractivity contribution is -0.816. The van der Waals surface area contributed by atoms with E-state index in [9.17, 15) is 10.4 Å². The topological polar surface area (TPSA) is 110 Å². The Kier molecular flexibility index (Phi) is 7.90. The third-order valence-corrected chi connectivity index (χ3v) is 5.21. The lowest BCUT2D eigenvalue weighted by atomic mass is 10.1. The predicted molar refractivity (Wildman–Crippen MR) is 127 cm³/mol. The molecule has 3 N–H and O–H groups in total. The molecule has 0 aliphatic rings. The quantitative estimate of drug-likeness (QED) is 0.265. The molecule has 9 nitrogen and oxygen atoms in total. The molecule has 0 fully saturated rings. The van der Waals surface area contributed by atoms with Gasteiger partial charge in [0.2, 0.25) is 23.5 Å². The molecule has 33 heavy (non-hydrogen) atoms. The van der Waals surface area contributed by atoms with Gasteiger partial charge in [0.05, 0.1) is 34.2 Å². The fraction of sp³-hybridized carbons (Fsp3) is 0.583. The Labute approximate surface area is 196 Å². The van der Waals surface area contributed by atoms with Crippen LogP contribution < -0.4 is 5.32 Å². The summed E-state index contributed by atoms with van der Waals surface area (Å²) in [5.41, 5.74) is 5.24. The molecule has 2 rings (SSSR count). The summed E-state index contributed by atoms with van der Waals surface area (Å²) in [6.07, 6.45) is 3.22. The van der Waals surface area contributed by atoms with Crippen molar-refractivity contribution in [2.75, 3.05) is 0 Å². The molecule has 0 bridgehead atoms. The van der Waals surface area contributed by atoms with Crippen LogP contribution in [-0.4, -0.2) is 63.3 Å². The molecule has 0 aromatic carbocycles. The van der Waals surface area contributed by atoms with Crippen LogP contribution in [-0.2, 0) is 13.1 Å². The zero-order valence-electron chi connectivity index (χ0n) is 21.6. The fourth-order valence-electron chi connectivity index (χ4n) is 2.83. The first kappa shape index (κ1) is 26.3. The Balaban J connectivity index is 2.14. The van der Waals surface area contributed by atoms with Crippen molar-refractivity contribution in [3.63, 3.8) is 0 Å². The summed E-state index contributed by atoms with van der Waals surface area (Å²) in [5.74, 6) is 0. The van der Waals surface area contributed by atoms with Gasteiger partial charge in [0.25, 0.3) is 0 Å². The maximum absolute atomic E-state index is 10.2. The van der Waals surface area contributed by atoms with Gasteiger partial charge in [-0.1, -0.05) is 0 Å². The largest absolute Gasteiger partial charge is 0.305 e. The van der Waals surface area contributed by atoms with Crippen LogP contribution >= 0.6 is 0 Å². The van der Waals surface area contributed by atoms with Gasteiger partial charge in [0.15, 0.2) is 11.4 Å². The molecule has 0 aliphatic heterocycles. The average Bonchev–Trinajstić information content (AvgIpc) is 2.67. The van der Waals surface area contributed by atoms with Gasteiger partial charge in [-0.25, -0.2) is 9.97 Å². The Bertz CT molecular complexity index is 992. The van der Waals surface area contributed by atoms with E-state index in [1.165, 1.54) is 0 Å². The van der Waals surface area contributed by atoms with E-state index in [1.807, 2.05) is 69.2 Å². The highest BCUT2D eigenvalue weighted by atomic mass is 16.5. The lowest BCUT2D eigenvalue weighted by Crippen LogP contribution is -2.32. The van der Waals surface area contributed by atoms with E-state index < -0.39 is 11.1 Å². The number of nitrogens with one attached hydrogen (secondary N) is 1. The summed E-state index contributed by atoms with van der Waals surface area (Å²) in [4.78, 5) is 18.6. The summed E-state index contributed by atoms with van der Waals surface area (Å²) in [5, 5.41) is 23.8. The van der Waals surface area contributed by atoms with Crippen molar-refractivity contribution in [3.05, 3.63) is 45.6 Å². The Hall–Kier alpha value is -2.94. The molecule has 180 valence electrons. The van der Waals surface area contributed by atoms with Crippen LogP contribution in [0.4, 0.5) is 0 Å². The number of nitrogens with zero attached hydrogens (tertiary/aromatic N) is 6. The van der Waals surface area contributed by atoms with E-state index in [1.54, 1.807) is 12.4 Å². The van der Waals surface area contributed by atoms with Crippen molar-refractivity contribution in [2.24, 2.45) is 0 Å². The maximum atomic E-state index is 10.2. The van der Waals surface area contributed by atoms with E-state index in [-0.39, 0.29) is 0 Å². The van der Waals surface area contributed by atoms with Crippen molar-refractivity contribution >= 4 is 12.4 Å². The van der Waals surface area contributed by atoms with Gasteiger partial charge >= 0.3 is 0 Å². The van der Waals surface area contributed by atoms with Crippen LogP contribution in [0, 0.1) is 27.7 Å². The summed E-state index contributed by atoms with van der Waals surface area (Å²) in [6.45, 7) is 20.1. The second-order valence-corrected chi connectivity index (χ2v) is 10.3. The molecular formula is C24H39N7O2+2. The lowest BCUT2D eigenvalue weighted by Gasteiger charge is -2.12. The summed E-state index contributed by atoms with van der Waals surface area (Å²) >= 11 is 0. The number of rotatable bonds is 6. The SMILES string of the molecule is Cc1nc(CNCc2nc(C)c(/C=[N+](\O)C(C)(C)C)nc2C)c(C)nc1/C=[N+](\O)C(C)(C)C. The number of aromatic nitrogens is 4. The highest BCUT2D eigenvalue weighted by Gasteiger charge is 2.26. The zero-order valence-corrected chi connectivity index (χ0v) is 21.6. The first-order valence-electron chi connectivity index (χ1n) is 11.1. The van der Waals surface area contributed by atoms with Crippen molar-refractivity contribution in [2.45, 2.75) is 93.4 Å². The number of hydrogen-bond acceptors (Lipinski definition) is 7. The second-order valence-electron chi connectivity index (χ2n) is 10.3. The van der Waals surface area contributed by atoms with Crippen LogP contribution in [0.5, 0.6) is 0 Å². The number of hydrogen-bond donors (Lipinski definition) is 3. The van der Waals surface area contributed by atoms with E-state index in [0.29, 0.717) is 24.5 Å². The Morgan fingerprint density at radius 2 is 0.970 bits per heavy atom. The fourth-order valence-corrected chi connectivity index (χ4v) is 2.83. The molecule has 2 aromatic heterocycles. The van der Waals surface area contributed by atoms with Crippen LogP contribution in [0.25, 0.3) is 0 Å². The molecule has 0 saturated heterocycles. The van der Waals surface area contributed by atoms with Crippen LogP contribution in [0.15, 0.2) is 0 Å². The van der Waals surface area contributed by atoms with E-state index in [2.05, 4.69) is 25.3 Å². The summed E-state index contributed by atoms with van der Waals surface area (Å²) in [7, 11) is 0. The van der Waals surface area contributed by atoms with Crippen LogP contribution in [0.1, 0.15) is 87.1 Å². The third kappa shape index (κ3) is 7.02. The minimum absolute atomic E-state index is 0.422. The van der Waals surface area contributed by atoms with Crippen molar-refractivity contribution in [1.29, 1.82) is 0 Å². The summed E-state index contributed by atoms with van der Waals surface area (Å²) in [6, 6.07) is 0.